The van der Waals surface area contributed by atoms with Crippen molar-refractivity contribution in [2.24, 2.45) is 0 Å². The number of hydrogen-bond acceptors (Lipinski definition) is 3. The van der Waals surface area contributed by atoms with E-state index >= 15 is 0 Å². The zero-order valence-corrected chi connectivity index (χ0v) is 13.0. The first-order chi connectivity index (χ1) is 10.6. The number of carbonyl (C=O) groups is 2. The third kappa shape index (κ3) is 5.71. The smallest absolute Gasteiger partial charge is 0.315 e. The maximum atomic E-state index is 11.7. The number of rotatable bonds is 5. The molecule has 0 bridgehead atoms. The van der Waals surface area contributed by atoms with Crippen LogP contribution in [-0.2, 0) is 11.3 Å². The molecule has 22 heavy (non-hydrogen) atoms. The van der Waals surface area contributed by atoms with Crippen LogP contribution >= 0.6 is 0 Å². The fourth-order valence-corrected chi connectivity index (χ4v) is 2.59. The Bertz CT molecular complexity index is 513. The molecule has 0 radical (unpaired) electrons. The van der Waals surface area contributed by atoms with E-state index in [1.165, 1.54) is 6.42 Å². The number of aryl methyl sites for hydroxylation is 1. The average Bonchev–Trinajstić information content (AvgIpc) is 2.52. The van der Waals surface area contributed by atoms with Crippen LogP contribution in [0.4, 0.5) is 4.79 Å². The van der Waals surface area contributed by atoms with E-state index in [1.807, 2.05) is 25.1 Å². The highest BCUT2D eigenvalue weighted by molar-refractivity contribution is 5.83. The summed E-state index contributed by atoms with van der Waals surface area (Å²) in [6, 6.07) is 5.64. The minimum atomic E-state index is -0.268. The molecule has 1 heterocycles. The van der Waals surface area contributed by atoms with Crippen LogP contribution in [0.25, 0.3) is 0 Å². The van der Waals surface area contributed by atoms with Crippen LogP contribution in [0.2, 0.25) is 0 Å². The topological polar surface area (TPSA) is 83.1 Å². The van der Waals surface area contributed by atoms with E-state index in [0.717, 1.165) is 37.1 Å². The standard InChI is InChI=1S/C16H24N4O2/c1-12-6-5-9-14(19-12)10-17-15(21)11-18-16(22)20-13-7-3-2-4-8-13/h5-6,9,13H,2-4,7-8,10-11H2,1H3,(H,17,21)(H2,18,20,22). The van der Waals surface area contributed by atoms with Gasteiger partial charge >= 0.3 is 6.03 Å². The summed E-state index contributed by atoms with van der Waals surface area (Å²) >= 11 is 0. The quantitative estimate of drug-likeness (QED) is 0.773. The van der Waals surface area contributed by atoms with Gasteiger partial charge in [0, 0.05) is 11.7 Å². The number of hydrogen-bond donors (Lipinski definition) is 3. The first kappa shape index (κ1) is 16.3. The number of amides is 3. The van der Waals surface area contributed by atoms with Gasteiger partial charge < -0.3 is 16.0 Å². The number of urea groups is 1. The molecule has 1 aliphatic rings. The van der Waals surface area contributed by atoms with Gasteiger partial charge in [0.05, 0.1) is 18.8 Å². The fourth-order valence-electron chi connectivity index (χ4n) is 2.59. The number of nitrogens with zero attached hydrogens (tertiary/aromatic N) is 1. The molecule has 120 valence electrons. The Labute approximate surface area is 131 Å². The summed E-state index contributed by atoms with van der Waals surface area (Å²) in [7, 11) is 0. The number of nitrogens with one attached hydrogen (secondary N) is 3. The van der Waals surface area contributed by atoms with E-state index in [-0.39, 0.29) is 24.5 Å². The summed E-state index contributed by atoms with van der Waals surface area (Å²) in [6.07, 6.45) is 5.62. The minimum Gasteiger partial charge on any atom is -0.349 e. The van der Waals surface area contributed by atoms with Crippen molar-refractivity contribution in [2.75, 3.05) is 6.54 Å². The summed E-state index contributed by atoms with van der Waals surface area (Å²) in [4.78, 5) is 27.7. The summed E-state index contributed by atoms with van der Waals surface area (Å²) in [5, 5.41) is 8.25. The molecule has 0 spiro atoms. The molecule has 0 unspecified atom stereocenters. The van der Waals surface area contributed by atoms with E-state index in [4.69, 9.17) is 0 Å². The highest BCUT2D eigenvalue weighted by Crippen LogP contribution is 2.16. The van der Waals surface area contributed by atoms with Crippen LogP contribution in [0.1, 0.15) is 43.5 Å². The van der Waals surface area contributed by atoms with E-state index in [0.29, 0.717) is 6.54 Å². The number of pyridine rings is 1. The minimum absolute atomic E-state index is 0.0234. The first-order valence-electron chi connectivity index (χ1n) is 7.87. The second kappa shape index (κ2) is 8.36. The molecule has 1 fully saturated rings. The predicted octanol–water partition coefficient (Wildman–Crippen LogP) is 1.64. The van der Waals surface area contributed by atoms with Crippen LogP contribution in [0, 0.1) is 6.92 Å². The van der Waals surface area contributed by atoms with Crippen molar-refractivity contribution in [2.45, 2.75) is 51.6 Å². The SMILES string of the molecule is Cc1cccc(CNC(=O)CNC(=O)NC2CCCCC2)n1. The molecule has 1 aliphatic carbocycles. The Morgan fingerprint density at radius 2 is 1.95 bits per heavy atom. The number of carbonyl (C=O) groups excluding carboxylic acids is 2. The van der Waals surface area contributed by atoms with Gasteiger partial charge in [-0.2, -0.15) is 0 Å². The Morgan fingerprint density at radius 1 is 1.18 bits per heavy atom. The Hall–Kier alpha value is -2.11. The van der Waals surface area contributed by atoms with Crippen molar-refractivity contribution in [3.63, 3.8) is 0 Å². The average molecular weight is 304 g/mol. The molecule has 1 saturated carbocycles. The largest absolute Gasteiger partial charge is 0.349 e. The molecule has 0 aromatic carbocycles. The van der Waals surface area contributed by atoms with Gasteiger partial charge in [0.25, 0.3) is 0 Å². The molecule has 3 amide bonds. The van der Waals surface area contributed by atoms with Crippen molar-refractivity contribution < 1.29 is 9.59 Å². The lowest BCUT2D eigenvalue weighted by Crippen LogP contribution is -2.46. The van der Waals surface area contributed by atoms with Gasteiger partial charge in [-0.15, -0.1) is 0 Å². The highest BCUT2D eigenvalue weighted by Gasteiger charge is 2.15. The summed E-state index contributed by atoms with van der Waals surface area (Å²) in [6.45, 7) is 2.25. The lowest BCUT2D eigenvalue weighted by Gasteiger charge is -2.22. The van der Waals surface area contributed by atoms with Crippen molar-refractivity contribution in [3.8, 4) is 0 Å². The predicted molar refractivity (Wildman–Crippen MR) is 84.2 cm³/mol. The first-order valence-corrected chi connectivity index (χ1v) is 7.87. The van der Waals surface area contributed by atoms with Gasteiger partial charge in [-0.25, -0.2) is 4.79 Å². The lowest BCUT2D eigenvalue weighted by atomic mass is 9.96. The lowest BCUT2D eigenvalue weighted by molar-refractivity contribution is -0.120. The fraction of sp³-hybridized carbons (Fsp3) is 0.562. The zero-order valence-electron chi connectivity index (χ0n) is 13.0. The summed E-state index contributed by atoms with van der Waals surface area (Å²) in [5.74, 6) is -0.220. The monoisotopic (exact) mass is 304 g/mol. The Kier molecular flexibility index (Phi) is 6.18. The molecule has 6 heteroatoms. The van der Waals surface area contributed by atoms with Crippen LogP contribution in [0.15, 0.2) is 18.2 Å². The van der Waals surface area contributed by atoms with E-state index < -0.39 is 0 Å². The zero-order chi connectivity index (χ0) is 15.8. The van der Waals surface area contributed by atoms with Gasteiger partial charge in [-0.05, 0) is 31.9 Å². The van der Waals surface area contributed by atoms with E-state index in [1.54, 1.807) is 0 Å². The van der Waals surface area contributed by atoms with Gasteiger partial charge in [0.1, 0.15) is 0 Å². The van der Waals surface area contributed by atoms with Crippen molar-refractivity contribution in [1.29, 1.82) is 0 Å². The van der Waals surface area contributed by atoms with Crippen molar-refractivity contribution in [1.82, 2.24) is 20.9 Å². The van der Waals surface area contributed by atoms with Crippen LogP contribution < -0.4 is 16.0 Å². The molecular weight excluding hydrogens is 280 g/mol. The van der Waals surface area contributed by atoms with Crippen molar-refractivity contribution >= 4 is 11.9 Å². The van der Waals surface area contributed by atoms with Crippen LogP contribution in [-0.4, -0.2) is 29.5 Å². The summed E-state index contributed by atoms with van der Waals surface area (Å²) < 4.78 is 0. The molecule has 1 aromatic rings. The van der Waals surface area contributed by atoms with Gasteiger partial charge in [-0.3, -0.25) is 9.78 Å². The van der Waals surface area contributed by atoms with Crippen molar-refractivity contribution in [3.05, 3.63) is 29.6 Å². The molecule has 0 saturated heterocycles. The van der Waals surface area contributed by atoms with Crippen LogP contribution in [0.5, 0.6) is 0 Å². The molecular formula is C16H24N4O2. The Balaban J connectivity index is 1.63. The Morgan fingerprint density at radius 3 is 2.68 bits per heavy atom. The normalized spacial score (nSPS) is 15.1. The second-order valence-electron chi connectivity index (χ2n) is 5.71. The molecule has 2 rings (SSSR count). The van der Waals surface area contributed by atoms with E-state index in [2.05, 4.69) is 20.9 Å². The highest BCUT2D eigenvalue weighted by atomic mass is 16.2. The summed E-state index contributed by atoms with van der Waals surface area (Å²) in [5.41, 5.74) is 1.72. The third-order valence-electron chi connectivity index (χ3n) is 3.76. The van der Waals surface area contributed by atoms with Crippen LogP contribution in [0.3, 0.4) is 0 Å². The maximum Gasteiger partial charge on any atom is 0.315 e. The molecule has 1 aromatic heterocycles. The van der Waals surface area contributed by atoms with Gasteiger partial charge in [-0.1, -0.05) is 25.3 Å². The molecule has 0 atom stereocenters. The van der Waals surface area contributed by atoms with Gasteiger partial charge in [0.2, 0.25) is 5.91 Å². The second-order valence-corrected chi connectivity index (χ2v) is 5.71. The maximum absolute atomic E-state index is 11.7. The molecule has 3 N–H and O–H groups in total. The third-order valence-corrected chi connectivity index (χ3v) is 3.76. The van der Waals surface area contributed by atoms with E-state index in [9.17, 15) is 9.59 Å². The van der Waals surface area contributed by atoms with Gasteiger partial charge in [0.15, 0.2) is 0 Å². The molecule has 6 nitrogen and oxygen atoms in total. The number of aromatic nitrogens is 1. The molecule has 0 aliphatic heterocycles.